The van der Waals surface area contributed by atoms with Crippen molar-refractivity contribution in [1.29, 1.82) is 0 Å². The van der Waals surface area contributed by atoms with E-state index in [-0.39, 0.29) is 11.8 Å². The maximum absolute atomic E-state index is 11.2. The maximum atomic E-state index is 11.2. The average Bonchev–Trinajstić information content (AvgIpc) is 2.65. The van der Waals surface area contributed by atoms with Gasteiger partial charge in [-0.1, -0.05) is 12.2 Å². The fourth-order valence-electron chi connectivity index (χ4n) is 1.13. The number of Topliss-reactive ketones (excluding diaryl/α,β-unsaturated/α-hetero) is 1. The Bertz CT molecular complexity index is 182. The number of carbonyl (C=O) groups excluding carboxylic acids is 1. The lowest BCUT2D eigenvalue weighted by molar-refractivity contribution is -0.120. The van der Waals surface area contributed by atoms with Crippen LogP contribution in [0.1, 0.15) is 26.2 Å². The molecule has 1 saturated carbocycles. The quantitative estimate of drug-likeness (QED) is 0.618. The third-order valence-electron chi connectivity index (χ3n) is 1.98. The fourth-order valence-corrected chi connectivity index (χ4v) is 1.13. The molecule has 0 radical (unpaired) electrons. The first-order chi connectivity index (χ1) is 5.11. The Morgan fingerprint density at radius 1 is 1.73 bits per heavy atom. The highest BCUT2D eigenvalue weighted by Crippen LogP contribution is 2.32. The molecule has 11 heavy (non-hydrogen) atoms. The normalized spacial score (nSPS) is 19.5. The molecule has 1 fully saturated rings. The molecule has 62 valence electrons. The highest BCUT2D eigenvalue weighted by molar-refractivity contribution is 5.86. The predicted molar refractivity (Wildman–Crippen MR) is 45.1 cm³/mol. The van der Waals surface area contributed by atoms with E-state index < -0.39 is 0 Å². The first-order valence-corrected chi connectivity index (χ1v) is 4.04. The summed E-state index contributed by atoms with van der Waals surface area (Å²) in [5.41, 5.74) is 6.59. The van der Waals surface area contributed by atoms with E-state index in [1.54, 1.807) is 0 Å². The minimum atomic E-state index is -0.216. The molecule has 2 heteroatoms. The van der Waals surface area contributed by atoms with Crippen molar-refractivity contribution in [3.8, 4) is 0 Å². The Morgan fingerprint density at radius 2 is 2.27 bits per heavy atom. The molecule has 2 N–H and O–H groups in total. The third-order valence-corrected chi connectivity index (χ3v) is 1.98. The van der Waals surface area contributed by atoms with Crippen LogP contribution in [0.15, 0.2) is 12.2 Å². The summed E-state index contributed by atoms with van der Waals surface area (Å²) in [7, 11) is 0. The van der Waals surface area contributed by atoms with E-state index in [1.807, 2.05) is 6.92 Å². The van der Waals surface area contributed by atoms with Gasteiger partial charge < -0.3 is 5.73 Å². The molecule has 0 aromatic rings. The van der Waals surface area contributed by atoms with E-state index in [1.165, 1.54) is 0 Å². The van der Waals surface area contributed by atoms with Crippen LogP contribution < -0.4 is 5.73 Å². The standard InChI is InChI=1S/C9H15NO/c1-6(2)5-8(11)9(10)7-3-4-7/h7,9H,1,3-5,10H2,2H3. The van der Waals surface area contributed by atoms with Gasteiger partial charge in [-0.2, -0.15) is 0 Å². The molecule has 0 aromatic carbocycles. The van der Waals surface area contributed by atoms with Crippen molar-refractivity contribution in [2.45, 2.75) is 32.2 Å². The molecular formula is C9H15NO. The van der Waals surface area contributed by atoms with Crippen molar-refractivity contribution in [3.05, 3.63) is 12.2 Å². The number of ketones is 1. The van der Waals surface area contributed by atoms with E-state index in [4.69, 9.17) is 5.73 Å². The van der Waals surface area contributed by atoms with Gasteiger partial charge in [0.25, 0.3) is 0 Å². The summed E-state index contributed by atoms with van der Waals surface area (Å²) in [5.74, 6) is 0.627. The molecule has 0 aliphatic heterocycles. The van der Waals surface area contributed by atoms with Crippen molar-refractivity contribution >= 4 is 5.78 Å². The largest absolute Gasteiger partial charge is 0.321 e. The van der Waals surface area contributed by atoms with E-state index >= 15 is 0 Å². The lowest BCUT2D eigenvalue weighted by atomic mass is 10.0. The summed E-state index contributed by atoms with van der Waals surface area (Å²) < 4.78 is 0. The SMILES string of the molecule is C=C(C)CC(=O)C(N)C1CC1. The molecule has 0 spiro atoms. The second-order valence-corrected chi connectivity index (χ2v) is 3.46. The van der Waals surface area contributed by atoms with Crippen LogP contribution in [0.25, 0.3) is 0 Å². The number of hydrogen-bond acceptors (Lipinski definition) is 2. The summed E-state index contributed by atoms with van der Waals surface area (Å²) in [6.45, 7) is 5.54. The zero-order valence-corrected chi connectivity index (χ0v) is 6.97. The summed E-state index contributed by atoms with van der Waals surface area (Å²) in [6.07, 6.45) is 2.71. The summed E-state index contributed by atoms with van der Waals surface area (Å²) in [5, 5.41) is 0. The zero-order chi connectivity index (χ0) is 8.43. The van der Waals surface area contributed by atoms with E-state index in [2.05, 4.69) is 6.58 Å². The number of allylic oxidation sites excluding steroid dienone is 1. The first-order valence-electron chi connectivity index (χ1n) is 4.04. The minimum absolute atomic E-state index is 0.153. The van der Waals surface area contributed by atoms with E-state index in [9.17, 15) is 4.79 Å². The second kappa shape index (κ2) is 3.18. The van der Waals surface area contributed by atoms with E-state index in [0.29, 0.717) is 12.3 Å². The smallest absolute Gasteiger partial charge is 0.153 e. The number of hydrogen-bond donors (Lipinski definition) is 1. The van der Waals surface area contributed by atoms with Gasteiger partial charge in [0, 0.05) is 6.42 Å². The van der Waals surface area contributed by atoms with Crippen molar-refractivity contribution in [2.75, 3.05) is 0 Å². The third kappa shape index (κ3) is 2.46. The van der Waals surface area contributed by atoms with Crippen LogP contribution in [-0.4, -0.2) is 11.8 Å². The molecule has 0 aromatic heterocycles. The molecule has 0 saturated heterocycles. The van der Waals surface area contributed by atoms with Crippen LogP contribution in [0.4, 0.5) is 0 Å². The van der Waals surface area contributed by atoms with Gasteiger partial charge in [-0.05, 0) is 25.7 Å². The Labute approximate surface area is 67.5 Å². The molecular weight excluding hydrogens is 138 g/mol. The molecule has 1 aliphatic rings. The molecule has 1 unspecified atom stereocenters. The van der Waals surface area contributed by atoms with Gasteiger partial charge in [0.2, 0.25) is 0 Å². The lowest BCUT2D eigenvalue weighted by Crippen LogP contribution is -2.32. The van der Waals surface area contributed by atoms with Gasteiger partial charge >= 0.3 is 0 Å². The topological polar surface area (TPSA) is 43.1 Å². The Morgan fingerprint density at radius 3 is 2.64 bits per heavy atom. The number of nitrogens with two attached hydrogens (primary N) is 1. The van der Waals surface area contributed by atoms with Crippen molar-refractivity contribution < 1.29 is 4.79 Å². The number of carbonyl (C=O) groups is 1. The summed E-state index contributed by atoms with van der Waals surface area (Å²) >= 11 is 0. The van der Waals surface area contributed by atoms with Crippen LogP contribution in [-0.2, 0) is 4.79 Å². The molecule has 0 amide bonds. The van der Waals surface area contributed by atoms with Gasteiger partial charge in [0.05, 0.1) is 6.04 Å². The number of rotatable bonds is 4. The van der Waals surface area contributed by atoms with Crippen LogP contribution in [0.3, 0.4) is 0 Å². The Balaban J connectivity index is 2.33. The van der Waals surface area contributed by atoms with Gasteiger partial charge in [-0.25, -0.2) is 0 Å². The molecule has 0 bridgehead atoms. The Kier molecular flexibility index (Phi) is 2.45. The lowest BCUT2D eigenvalue weighted by Gasteiger charge is -2.07. The molecule has 1 rings (SSSR count). The second-order valence-electron chi connectivity index (χ2n) is 3.46. The molecule has 1 atom stereocenters. The van der Waals surface area contributed by atoms with Crippen LogP contribution >= 0.6 is 0 Å². The molecule has 1 aliphatic carbocycles. The van der Waals surface area contributed by atoms with Gasteiger partial charge in [0.15, 0.2) is 5.78 Å². The van der Waals surface area contributed by atoms with Gasteiger partial charge in [-0.3, -0.25) is 4.79 Å². The van der Waals surface area contributed by atoms with Gasteiger partial charge in [0.1, 0.15) is 0 Å². The average molecular weight is 153 g/mol. The van der Waals surface area contributed by atoms with E-state index in [0.717, 1.165) is 18.4 Å². The first kappa shape index (κ1) is 8.47. The summed E-state index contributed by atoms with van der Waals surface area (Å²) in [4.78, 5) is 11.2. The minimum Gasteiger partial charge on any atom is -0.321 e. The summed E-state index contributed by atoms with van der Waals surface area (Å²) in [6, 6.07) is -0.216. The Hall–Kier alpha value is -0.630. The molecule has 0 heterocycles. The fraction of sp³-hybridized carbons (Fsp3) is 0.667. The highest BCUT2D eigenvalue weighted by Gasteiger charge is 2.32. The molecule has 2 nitrogen and oxygen atoms in total. The zero-order valence-electron chi connectivity index (χ0n) is 6.97. The highest BCUT2D eigenvalue weighted by atomic mass is 16.1. The predicted octanol–water partition coefficient (Wildman–Crippen LogP) is 1.26. The van der Waals surface area contributed by atoms with Crippen molar-refractivity contribution in [1.82, 2.24) is 0 Å². The van der Waals surface area contributed by atoms with Crippen LogP contribution in [0.5, 0.6) is 0 Å². The maximum Gasteiger partial charge on any atom is 0.153 e. The van der Waals surface area contributed by atoms with Gasteiger partial charge in [-0.15, -0.1) is 0 Å². The van der Waals surface area contributed by atoms with Crippen LogP contribution in [0, 0.1) is 5.92 Å². The van der Waals surface area contributed by atoms with Crippen molar-refractivity contribution in [3.63, 3.8) is 0 Å². The van der Waals surface area contributed by atoms with Crippen molar-refractivity contribution in [2.24, 2.45) is 11.7 Å². The monoisotopic (exact) mass is 153 g/mol. The van der Waals surface area contributed by atoms with Crippen LogP contribution in [0.2, 0.25) is 0 Å².